The summed E-state index contributed by atoms with van der Waals surface area (Å²) in [5.41, 5.74) is 5.56. The maximum atomic E-state index is 11.9. The molecule has 4 nitrogen and oxygen atoms in total. The van der Waals surface area contributed by atoms with Crippen molar-refractivity contribution in [1.29, 1.82) is 0 Å². The molecule has 0 aromatic carbocycles. The van der Waals surface area contributed by atoms with Crippen molar-refractivity contribution >= 4 is 21.9 Å². The molecule has 1 saturated heterocycles. The summed E-state index contributed by atoms with van der Waals surface area (Å²) >= 11 is 0. The molecule has 1 fully saturated rings. The van der Waals surface area contributed by atoms with Gasteiger partial charge >= 0.3 is 0 Å². The molecule has 88 valence electrons. The van der Waals surface area contributed by atoms with Crippen LogP contribution in [0.2, 0.25) is 0 Å². The lowest BCUT2D eigenvalue weighted by Gasteiger charge is -2.27. The van der Waals surface area contributed by atoms with Crippen LogP contribution >= 0.6 is 10.9 Å². The van der Waals surface area contributed by atoms with Crippen molar-refractivity contribution in [2.75, 3.05) is 19.1 Å². The van der Waals surface area contributed by atoms with Gasteiger partial charge in [-0.15, -0.1) is 0 Å². The van der Waals surface area contributed by atoms with E-state index in [1.807, 2.05) is 12.5 Å². The maximum absolute atomic E-state index is 11.9. The topological polar surface area (TPSA) is 63.4 Å². The number of nitrogens with two attached hydrogens (primary N) is 1. The van der Waals surface area contributed by atoms with Crippen molar-refractivity contribution in [1.82, 2.24) is 4.90 Å². The summed E-state index contributed by atoms with van der Waals surface area (Å²) in [6, 6.07) is -0.706. The summed E-state index contributed by atoms with van der Waals surface area (Å²) in [4.78, 5) is 25.3. The van der Waals surface area contributed by atoms with Gasteiger partial charge in [-0.25, -0.2) is 0 Å². The van der Waals surface area contributed by atoms with Gasteiger partial charge in [0.2, 0.25) is 5.91 Å². The van der Waals surface area contributed by atoms with E-state index in [2.05, 4.69) is 0 Å². The number of nitrogens with zero attached hydrogens (tertiary/aromatic N) is 1. The average Bonchev–Trinajstić information content (AvgIpc) is 2.63. The predicted octanol–water partition coefficient (Wildman–Crippen LogP) is 0.112. The molecule has 5 heteroatoms. The second-order valence-electron chi connectivity index (χ2n) is 4.21. The van der Waals surface area contributed by atoms with Gasteiger partial charge in [0, 0.05) is 6.54 Å². The van der Waals surface area contributed by atoms with E-state index in [-0.39, 0.29) is 17.1 Å². The molecule has 1 heterocycles. The van der Waals surface area contributed by atoms with Gasteiger partial charge in [0.05, 0.1) is 12.1 Å². The van der Waals surface area contributed by atoms with Crippen LogP contribution in [0.15, 0.2) is 0 Å². The van der Waals surface area contributed by atoms with Crippen molar-refractivity contribution in [3.05, 3.63) is 0 Å². The maximum Gasteiger partial charge on any atom is 0.239 e. The van der Waals surface area contributed by atoms with E-state index in [0.29, 0.717) is 6.54 Å². The SMILES string of the molecule is C[C@H](N)C(=O)N1CCCC1C(=O)[SH](C)C. The Morgan fingerprint density at radius 1 is 1.47 bits per heavy atom. The molecular formula is C10H20N2O2S. The molecule has 0 radical (unpaired) electrons. The number of hydrogen-bond donors (Lipinski definition) is 2. The van der Waals surface area contributed by atoms with Gasteiger partial charge in [0.15, 0.2) is 5.12 Å². The van der Waals surface area contributed by atoms with Crippen LogP contribution < -0.4 is 5.73 Å². The lowest BCUT2D eigenvalue weighted by atomic mass is 10.2. The van der Waals surface area contributed by atoms with Gasteiger partial charge in [-0.2, -0.15) is 10.9 Å². The van der Waals surface area contributed by atoms with E-state index < -0.39 is 16.9 Å². The van der Waals surface area contributed by atoms with Crippen LogP contribution in [0.25, 0.3) is 0 Å². The highest BCUT2D eigenvalue weighted by molar-refractivity contribution is 8.28. The van der Waals surface area contributed by atoms with Gasteiger partial charge in [-0.05, 0) is 32.3 Å². The van der Waals surface area contributed by atoms with Crippen molar-refractivity contribution < 1.29 is 9.59 Å². The van der Waals surface area contributed by atoms with Gasteiger partial charge in [-0.1, -0.05) is 0 Å². The van der Waals surface area contributed by atoms with Gasteiger partial charge in [0.25, 0.3) is 0 Å². The van der Waals surface area contributed by atoms with Crippen LogP contribution in [0, 0.1) is 0 Å². The zero-order chi connectivity index (χ0) is 11.6. The third-order valence-corrected chi connectivity index (χ3v) is 3.83. The summed E-state index contributed by atoms with van der Waals surface area (Å²) in [6.45, 7) is 2.35. The van der Waals surface area contributed by atoms with Crippen LogP contribution in [0.1, 0.15) is 19.8 Å². The van der Waals surface area contributed by atoms with Gasteiger partial charge in [0.1, 0.15) is 0 Å². The largest absolute Gasteiger partial charge is 0.330 e. The molecule has 1 amide bonds. The Hall–Kier alpha value is -0.550. The minimum Gasteiger partial charge on any atom is -0.330 e. The molecule has 1 unspecified atom stereocenters. The molecule has 2 N–H and O–H groups in total. The molecule has 15 heavy (non-hydrogen) atoms. The second kappa shape index (κ2) is 4.99. The number of rotatable bonds is 2. The first-order chi connectivity index (χ1) is 6.95. The summed E-state index contributed by atoms with van der Waals surface area (Å²) < 4.78 is 0. The Balaban J connectivity index is 2.73. The fraction of sp³-hybridized carbons (Fsp3) is 0.800. The summed E-state index contributed by atoms with van der Waals surface area (Å²) in [7, 11) is -0.617. The Morgan fingerprint density at radius 2 is 2.07 bits per heavy atom. The minimum absolute atomic E-state index is 0.0947. The normalized spacial score (nSPS) is 23.9. The third-order valence-electron chi connectivity index (χ3n) is 2.65. The number of carbonyl (C=O) groups excluding carboxylic acids is 2. The number of hydrogen-bond acceptors (Lipinski definition) is 3. The van der Waals surface area contributed by atoms with Crippen LogP contribution in [-0.2, 0) is 9.59 Å². The average molecular weight is 232 g/mol. The highest BCUT2D eigenvalue weighted by Crippen LogP contribution is 2.27. The lowest BCUT2D eigenvalue weighted by molar-refractivity contribution is -0.136. The van der Waals surface area contributed by atoms with Crippen LogP contribution in [0.3, 0.4) is 0 Å². The van der Waals surface area contributed by atoms with Crippen LogP contribution in [-0.4, -0.2) is 47.1 Å². The van der Waals surface area contributed by atoms with Gasteiger partial charge in [-0.3, -0.25) is 9.59 Å². The van der Waals surface area contributed by atoms with Crippen LogP contribution in [0.4, 0.5) is 0 Å². The van der Waals surface area contributed by atoms with E-state index in [9.17, 15) is 9.59 Å². The van der Waals surface area contributed by atoms with E-state index in [4.69, 9.17) is 5.73 Å². The number of likely N-dealkylation sites (tertiary alicyclic amines) is 1. The molecule has 0 aliphatic carbocycles. The summed E-state index contributed by atoms with van der Waals surface area (Å²) in [6.07, 6.45) is 5.59. The van der Waals surface area contributed by atoms with E-state index in [1.54, 1.807) is 11.8 Å². The molecule has 2 atom stereocenters. The Bertz CT molecular complexity index is 240. The van der Waals surface area contributed by atoms with E-state index in [0.717, 1.165) is 12.8 Å². The first-order valence-electron chi connectivity index (χ1n) is 5.22. The molecule has 1 aliphatic heterocycles. The van der Waals surface area contributed by atoms with Crippen molar-refractivity contribution in [3.8, 4) is 0 Å². The highest BCUT2D eigenvalue weighted by atomic mass is 32.2. The quantitative estimate of drug-likeness (QED) is 0.664. The molecule has 1 rings (SSSR count). The monoisotopic (exact) mass is 232 g/mol. The Morgan fingerprint density at radius 3 is 2.53 bits per heavy atom. The second-order valence-corrected chi connectivity index (χ2v) is 6.44. The molecule has 0 saturated carbocycles. The summed E-state index contributed by atoms with van der Waals surface area (Å²) in [5, 5.41) is 0.219. The van der Waals surface area contributed by atoms with Crippen molar-refractivity contribution in [2.45, 2.75) is 31.8 Å². The number of amides is 1. The van der Waals surface area contributed by atoms with Gasteiger partial charge < -0.3 is 10.6 Å². The molecule has 0 spiro atoms. The molecule has 0 aromatic heterocycles. The Kier molecular flexibility index (Phi) is 4.16. The predicted molar refractivity (Wildman–Crippen MR) is 64.2 cm³/mol. The summed E-state index contributed by atoms with van der Waals surface area (Å²) in [5.74, 6) is -0.0947. The molecular weight excluding hydrogens is 212 g/mol. The van der Waals surface area contributed by atoms with E-state index >= 15 is 0 Å². The zero-order valence-corrected chi connectivity index (χ0v) is 10.5. The Labute approximate surface area is 93.5 Å². The zero-order valence-electron chi connectivity index (χ0n) is 9.56. The minimum atomic E-state index is -0.617. The number of thiol groups is 1. The van der Waals surface area contributed by atoms with Crippen LogP contribution in [0.5, 0.6) is 0 Å². The number of carbonyl (C=O) groups is 2. The van der Waals surface area contributed by atoms with E-state index in [1.165, 1.54) is 0 Å². The first kappa shape index (κ1) is 12.5. The van der Waals surface area contributed by atoms with Crippen molar-refractivity contribution in [3.63, 3.8) is 0 Å². The van der Waals surface area contributed by atoms with Crippen molar-refractivity contribution in [2.24, 2.45) is 5.73 Å². The highest BCUT2D eigenvalue weighted by Gasteiger charge is 2.35. The smallest absolute Gasteiger partial charge is 0.239 e. The first-order valence-corrected chi connectivity index (χ1v) is 7.46. The molecule has 1 aliphatic rings. The lowest BCUT2D eigenvalue weighted by Crippen LogP contribution is -2.47. The molecule has 0 aromatic rings. The molecule has 0 bridgehead atoms. The fourth-order valence-corrected chi connectivity index (χ4v) is 2.71. The fourth-order valence-electron chi connectivity index (χ4n) is 1.85. The third kappa shape index (κ3) is 2.72. The standard InChI is InChI=1S/C10H20N2O2S/c1-7(11)9(13)12-6-4-5-8(12)10(14)15(2)3/h7-8,15H,4-6,11H2,1-3H3/t7-,8?/m0/s1.